The SMILES string of the molecule is COc1ccc(-c2cnc3c(c2)OCCN3C)cc1. The molecule has 0 atom stereocenters. The van der Waals surface area contributed by atoms with Crippen molar-refractivity contribution < 1.29 is 9.47 Å². The molecule has 2 aromatic rings. The molecule has 0 amide bonds. The van der Waals surface area contributed by atoms with Gasteiger partial charge in [-0.3, -0.25) is 0 Å². The molecule has 0 spiro atoms. The lowest BCUT2D eigenvalue weighted by atomic mass is 10.1. The van der Waals surface area contributed by atoms with Gasteiger partial charge < -0.3 is 14.4 Å². The largest absolute Gasteiger partial charge is 0.497 e. The number of fused-ring (bicyclic) bond motifs is 1. The molecule has 0 aliphatic carbocycles. The molecule has 4 heteroatoms. The zero-order valence-electron chi connectivity index (χ0n) is 11.1. The van der Waals surface area contributed by atoms with Crippen molar-refractivity contribution in [3.05, 3.63) is 36.5 Å². The third-order valence-electron chi connectivity index (χ3n) is 3.30. The number of likely N-dealkylation sites (N-methyl/N-ethyl adjacent to an activating group) is 1. The number of methoxy groups -OCH3 is 1. The smallest absolute Gasteiger partial charge is 0.171 e. The maximum absolute atomic E-state index is 5.67. The molecule has 4 nitrogen and oxygen atoms in total. The Labute approximate surface area is 112 Å². The fourth-order valence-corrected chi connectivity index (χ4v) is 2.17. The quantitative estimate of drug-likeness (QED) is 0.827. The van der Waals surface area contributed by atoms with E-state index in [1.807, 2.05) is 43.6 Å². The van der Waals surface area contributed by atoms with Crippen LogP contribution in [0.1, 0.15) is 0 Å². The number of hydrogen-bond acceptors (Lipinski definition) is 4. The number of aromatic nitrogens is 1. The molecule has 1 aliphatic heterocycles. The Morgan fingerprint density at radius 2 is 2.00 bits per heavy atom. The maximum atomic E-state index is 5.67. The van der Waals surface area contributed by atoms with Crippen molar-refractivity contribution >= 4 is 5.82 Å². The fourth-order valence-electron chi connectivity index (χ4n) is 2.17. The first kappa shape index (κ1) is 11.8. The number of anilines is 1. The number of benzene rings is 1. The first-order valence-electron chi connectivity index (χ1n) is 6.26. The molecule has 0 N–H and O–H groups in total. The summed E-state index contributed by atoms with van der Waals surface area (Å²) in [6.07, 6.45) is 1.88. The normalized spacial score (nSPS) is 13.7. The van der Waals surface area contributed by atoms with Crippen LogP contribution in [0.3, 0.4) is 0 Å². The first-order valence-corrected chi connectivity index (χ1v) is 6.26. The molecule has 0 unspecified atom stereocenters. The standard InChI is InChI=1S/C15H16N2O2/c1-17-7-8-19-14-9-12(10-16-15(14)17)11-3-5-13(18-2)6-4-11/h3-6,9-10H,7-8H2,1-2H3. The van der Waals surface area contributed by atoms with Crippen molar-refractivity contribution in [1.82, 2.24) is 4.98 Å². The molecule has 98 valence electrons. The topological polar surface area (TPSA) is 34.6 Å². The Morgan fingerprint density at radius 1 is 1.21 bits per heavy atom. The van der Waals surface area contributed by atoms with Crippen LogP contribution in [0, 0.1) is 0 Å². The Hall–Kier alpha value is -2.23. The van der Waals surface area contributed by atoms with E-state index in [4.69, 9.17) is 9.47 Å². The Morgan fingerprint density at radius 3 is 2.74 bits per heavy atom. The first-order chi connectivity index (χ1) is 9.28. The second-order valence-electron chi connectivity index (χ2n) is 4.54. The summed E-state index contributed by atoms with van der Waals surface area (Å²) in [6.45, 7) is 1.58. The van der Waals surface area contributed by atoms with E-state index in [0.717, 1.165) is 35.0 Å². The van der Waals surface area contributed by atoms with Crippen LogP contribution in [0.2, 0.25) is 0 Å². The molecule has 0 bridgehead atoms. The van der Waals surface area contributed by atoms with Crippen molar-refractivity contribution in [3.8, 4) is 22.6 Å². The van der Waals surface area contributed by atoms with Gasteiger partial charge in [0, 0.05) is 18.8 Å². The van der Waals surface area contributed by atoms with Gasteiger partial charge >= 0.3 is 0 Å². The molecule has 1 aliphatic rings. The van der Waals surface area contributed by atoms with Crippen LogP contribution < -0.4 is 14.4 Å². The maximum Gasteiger partial charge on any atom is 0.171 e. The number of ether oxygens (including phenoxy) is 2. The molecule has 2 heterocycles. The Bertz CT molecular complexity index is 581. The Kier molecular flexibility index (Phi) is 2.99. The molecule has 0 fully saturated rings. The summed E-state index contributed by atoms with van der Waals surface area (Å²) in [6, 6.07) is 9.98. The van der Waals surface area contributed by atoms with E-state index in [-0.39, 0.29) is 0 Å². The third kappa shape index (κ3) is 2.21. The average molecular weight is 256 g/mol. The predicted octanol–water partition coefficient (Wildman–Crippen LogP) is 2.59. The van der Waals surface area contributed by atoms with Crippen LogP contribution >= 0.6 is 0 Å². The fraction of sp³-hybridized carbons (Fsp3) is 0.267. The van der Waals surface area contributed by atoms with Crippen LogP contribution in [0.15, 0.2) is 36.5 Å². The van der Waals surface area contributed by atoms with Gasteiger partial charge in [-0.05, 0) is 23.8 Å². The summed E-state index contributed by atoms with van der Waals surface area (Å²) < 4.78 is 10.8. The van der Waals surface area contributed by atoms with Gasteiger partial charge in [-0.25, -0.2) is 4.98 Å². The highest BCUT2D eigenvalue weighted by Crippen LogP contribution is 2.32. The van der Waals surface area contributed by atoms with Gasteiger partial charge in [0.1, 0.15) is 12.4 Å². The summed E-state index contributed by atoms with van der Waals surface area (Å²) in [4.78, 5) is 6.60. The minimum atomic E-state index is 0.706. The number of hydrogen-bond donors (Lipinski definition) is 0. The summed E-state index contributed by atoms with van der Waals surface area (Å²) in [5.41, 5.74) is 2.16. The molecule has 1 aromatic heterocycles. The lowest BCUT2D eigenvalue weighted by Crippen LogP contribution is -2.29. The second kappa shape index (κ2) is 4.80. The van der Waals surface area contributed by atoms with E-state index < -0.39 is 0 Å². The summed E-state index contributed by atoms with van der Waals surface area (Å²) >= 11 is 0. The van der Waals surface area contributed by atoms with Crippen LogP contribution in [0.25, 0.3) is 11.1 Å². The molecular formula is C15H16N2O2. The second-order valence-corrected chi connectivity index (χ2v) is 4.54. The molecule has 1 aromatic carbocycles. The van der Waals surface area contributed by atoms with Gasteiger partial charge in [-0.1, -0.05) is 12.1 Å². The minimum absolute atomic E-state index is 0.706. The zero-order chi connectivity index (χ0) is 13.2. The molecule has 0 radical (unpaired) electrons. The van der Waals surface area contributed by atoms with Gasteiger partial charge in [0.2, 0.25) is 0 Å². The highest BCUT2D eigenvalue weighted by atomic mass is 16.5. The lowest BCUT2D eigenvalue weighted by molar-refractivity contribution is 0.309. The van der Waals surface area contributed by atoms with Crippen LogP contribution in [0.4, 0.5) is 5.82 Å². The number of pyridine rings is 1. The average Bonchev–Trinajstić information content (AvgIpc) is 2.47. The molecule has 0 saturated heterocycles. The molecular weight excluding hydrogens is 240 g/mol. The molecule has 3 rings (SSSR count). The molecule has 19 heavy (non-hydrogen) atoms. The van der Waals surface area contributed by atoms with Gasteiger partial charge in [-0.2, -0.15) is 0 Å². The van der Waals surface area contributed by atoms with E-state index in [1.165, 1.54) is 0 Å². The van der Waals surface area contributed by atoms with Crippen molar-refractivity contribution in [2.75, 3.05) is 32.2 Å². The van der Waals surface area contributed by atoms with Crippen molar-refractivity contribution in [2.24, 2.45) is 0 Å². The van der Waals surface area contributed by atoms with Gasteiger partial charge in [0.05, 0.1) is 13.7 Å². The Balaban J connectivity index is 1.96. The summed E-state index contributed by atoms with van der Waals surface area (Å²) in [5, 5.41) is 0. The van der Waals surface area contributed by atoms with E-state index in [9.17, 15) is 0 Å². The van der Waals surface area contributed by atoms with Crippen molar-refractivity contribution in [2.45, 2.75) is 0 Å². The van der Waals surface area contributed by atoms with E-state index >= 15 is 0 Å². The van der Waals surface area contributed by atoms with E-state index in [0.29, 0.717) is 6.61 Å². The van der Waals surface area contributed by atoms with E-state index in [1.54, 1.807) is 7.11 Å². The van der Waals surface area contributed by atoms with Crippen LogP contribution in [0.5, 0.6) is 11.5 Å². The lowest BCUT2D eigenvalue weighted by Gasteiger charge is -2.26. The summed E-state index contributed by atoms with van der Waals surface area (Å²) in [7, 11) is 3.69. The predicted molar refractivity (Wildman–Crippen MR) is 75.0 cm³/mol. The minimum Gasteiger partial charge on any atom is -0.497 e. The van der Waals surface area contributed by atoms with Crippen molar-refractivity contribution in [1.29, 1.82) is 0 Å². The highest BCUT2D eigenvalue weighted by Gasteiger charge is 2.16. The van der Waals surface area contributed by atoms with Gasteiger partial charge in [-0.15, -0.1) is 0 Å². The van der Waals surface area contributed by atoms with Crippen LogP contribution in [-0.2, 0) is 0 Å². The van der Waals surface area contributed by atoms with Crippen LogP contribution in [-0.4, -0.2) is 32.3 Å². The highest BCUT2D eigenvalue weighted by molar-refractivity contribution is 5.69. The monoisotopic (exact) mass is 256 g/mol. The number of rotatable bonds is 2. The molecule has 0 saturated carbocycles. The van der Waals surface area contributed by atoms with E-state index in [2.05, 4.69) is 9.88 Å². The zero-order valence-corrected chi connectivity index (χ0v) is 11.1. The van der Waals surface area contributed by atoms with Crippen molar-refractivity contribution in [3.63, 3.8) is 0 Å². The number of nitrogens with zero attached hydrogens (tertiary/aromatic N) is 2. The van der Waals surface area contributed by atoms with Gasteiger partial charge in [0.25, 0.3) is 0 Å². The van der Waals surface area contributed by atoms with Gasteiger partial charge in [0.15, 0.2) is 11.6 Å². The summed E-state index contributed by atoms with van der Waals surface area (Å²) in [5.74, 6) is 2.61. The third-order valence-corrected chi connectivity index (χ3v) is 3.30.